The zero-order valence-electron chi connectivity index (χ0n) is 21.8. The largest absolute Gasteiger partial charge is 0.337 e. The summed E-state index contributed by atoms with van der Waals surface area (Å²) in [5.74, 6) is 1.48. The molecule has 0 bridgehead atoms. The molecule has 6 rings (SSSR count). The second-order valence-corrected chi connectivity index (χ2v) is 11.0. The lowest BCUT2D eigenvalue weighted by Crippen LogP contribution is -2.41. The van der Waals surface area contributed by atoms with Gasteiger partial charge in [-0.2, -0.15) is 0 Å². The molecule has 3 atom stereocenters. The van der Waals surface area contributed by atoms with Gasteiger partial charge in [-0.25, -0.2) is 9.37 Å². The van der Waals surface area contributed by atoms with Crippen molar-refractivity contribution in [3.63, 3.8) is 0 Å². The van der Waals surface area contributed by atoms with Crippen molar-refractivity contribution in [3.05, 3.63) is 107 Å². The van der Waals surface area contributed by atoms with E-state index >= 15 is 0 Å². The summed E-state index contributed by atoms with van der Waals surface area (Å²) in [5.41, 5.74) is 4.28. The number of amides is 1. The minimum atomic E-state index is -0.229. The molecule has 2 fully saturated rings. The Morgan fingerprint density at radius 1 is 1.11 bits per heavy atom. The van der Waals surface area contributed by atoms with Crippen LogP contribution in [0.2, 0.25) is 0 Å². The van der Waals surface area contributed by atoms with Crippen LogP contribution in [0.4, 0.5) is 4.39 Å². The Balaban J connectivity index is 0.000000278. The highest BCUT2D eigenvalue weighted by Gasteiger charge is 2.47. The lowest BCUT2D eigenvalue weighted by Gasteiger charge is -2.34. The molecule has 3 aromatic rings. The summed E-state index contributed by atoms with van der Waals surface area (Å²) in [6.45, 7) is 0.581. The van der Waals surface area contributed by atoms with Crippen LogP contribution in [0.5, 0.6) is 0 Å². The molecule has 1 heterocycles. The third-order valence-corrected chi connectivity index (χ3v) is 8.30. The van der Waals surface area contributed by atoms with Crippen LogP contribution in [0.25, 0.3) is 0 Å². The van der Waals surface area contributed by atoms with Crippen molar-refractivity contribution in [2.75, 3.05) is 0 Å². The zero-order valence-corrected chi connectivity index (χ0v) is 22.6. The van der Waals surface area contributed by atoms with Gasteiger partial charge >= 0.3 is 0 Å². The van der Waals surface area contributed by atoms with Gasteiger partial charge in [-0.3, -0.25) is 9.93 Å². The summed E-state index contributed by atoms with van der Waals surface area (Å²) in [6.07, 6.45) is 15.4. The molecule has 0 radical (unpaired) electrons. The highest BCUT2D eigenvalue weighted by molar-refractivity contribution is 7.97. The van der Waals surface area contributed by atoms with Gasteiger partial charge in [-0.15, -0.1) is 0 Å². The van der Waals surface area contributed by atoms with E-state index in [0.717, 1.165) is 41.9 Å². The Bertz CT molecular complexity index is 1300. The number of rotatable bonds is 6. The molecule has 1 aromatic heterocycles. The highest BCUT2D eigenvalue weighted by atomic mass is 32.2. The SMILES string of the molecule is Cn1ccnc1CN(C(=O)C1CC1c1ccccc1)C1C=C2CCCCC2=CC1.NSc1ccc(F)cc1. The van der Waals surface area contributed by atoms with Crippen molar-refractivity contribution in [1.82, 2.24) is 14.5 Å². The number of halogens is 1. The number of aryl methyl sites for hydroxylation is 1. The smallest absolute Gasteiger partial charge is 0.227 e. The van der Waals surface area contributed by atoms with Crippen LogP contribution in [-0.4, -0.2) is 26.4 Å². The summed E-state index contributed by atoms with van der Waals surface area (Å²) in [6, 6.07) is 16.7. The Hall–Kier alpha value is -3.16. The van der Waals surface area contributed by atoms with Gasteiger partial charge in [0.25, 0.3) is 0 Å². The molecule has 0 aliphatic heterocycles. The molecule has 3 aliphatic carbocycles. The fourth-order valence-corrected chi connectivity index (χ4v) is 5.77. The predicted octanol–water partition coefficient (Wildman–Crippen LogP) is 6.54. The normalized spacial score (nSPS) is 21.8. The van der Waals surface area contributed by atoms with Crippen LogP contribution in [0, 0.1) is 11.7 Å². The first-order valence-electron chi connectivity index (χ1n) is 13.4. The molecule has 2 N–H and O–H groups in total. The van der Waals surface area contributed by atoms with E-state index in [4.69, 9.17) is 5.14 Å². The first kappa shape index (κ1) is 26.4. The average Bonchev–Trinajstić information content (AvgIpc) is 3.67. The second-order valence-electron chi connectivity index (χ2n) is 10.3. The van der Waals surface area contributed by atoms with E-state index in [1.54, 1.807) is 12.1 Å². The van der Waals surface area contributed by atoms with Crippen LogP contribution in [-0.2, 0) is 18.4 Å². The maximum atomic E-state index is 13.6. The van der Waals surface area contributed by atoms with Crippen LogP contribution < -0.4 is 5.14 Å². The highest BCUT2D eigenvalue weighted by Crippen LogP contribution is 2.49. The van der Waals surface area contributed by atoms with Gasteiger partial charge in [-0.05, 0) is 97.4 Å². The number of hydrogen-bond acceptors (Lipinski definition) is 4. The summed E-state index contributed by atoms with van der Waals surface area (Å²) in [7, 11) is 2.01. The Morgan fingerprint density at radius 2 is 1.84 bits per heavy atom. The van der Waals surface area contributed by atoms with E-state index < -0.39 is 0 Å². The van der Waals surface area contributed by atoms with Crippen molar-refractivity contribution < 1.29 is 9.18 Å². The van der Waals surface area contributed by atoms with E-state index in [1.165, 1.54) is 48.1 Å². The van der Waals surface area contributed by atoms with Gasteiger partial charge < -0.3 is 9.47 Å². The van der Waals surface area contributed by atoms with Crippen LogP contribution in [0.1, 0.15) is 55.8 Å². The number of carbonyl (C=O) groups excluding carboxylic acids is 1. The molecule has 0 saturated heterocycles. The van der Waals surface area contributed by atoms with Crippen LogP contribution in [0.15, 0.2) is 95.2 Å². The van der Waals surface area contributed by atoms with Crippen molar-refractivity contribution in [2.45, 2.75) is 61.9 Å². The number of fused-ring (bicyclic) bond motifs is 1. The Morgan fingerprint density at radius 3 is 2.53 bits per heavy atom. The number of nitrogens with two attached hydrogens (primary N) is 1. The van der Waals surface area contributed by atoms with Crippen molar-refractivity contribution in [2.24, 2.45) is 18.1 Å². The molecule has 7 heteroatoms. The first-order chi connectivity index (χ1) is 18.5. The molecule has 3 aliphatic rings. The van der Waals surface area contributed by atoms with Crippen molar-refractivity contribution in [3.8, 4) is 0 Å². The molecule has 38 heavy (non-hydrogen) atoms. The van der Waals surface area contributed by atoms with Gasteiger partial charge in [0.1, 0.15) is 11.6 Å². The number of allylic oxidation sites excluding steroid dienone is 2. The zero-order chi connectivity index (χ0) is 26.5. The number of aromatic nitrogens is 2. The van der Waals surface area contributed by atoms with E-state index in [-0.39, 0.29) is 23.7 Å². The Labute approximate surface area is 228 Å². The predicted molar refractivity (Wildman–Crippen MR) is 151 cm³/mol. The number of imidazole rings is 1. The molecule has 198 valence electrons. The lowest BCUT2D eigenvalue weighted by atomic mass is 9.83. The number of hydrogen-bond donors (Lipinski definition) is 1. The van der Waals surface area contributed by atoms with E-state index in [1.807, 2.05) is 30.1 Å². The van der Waals surface area contributed by atoms with Gasteiger partial charge in [-0.1, -0.05) is 42.5 Å². The lowest BCUT2D eigenvalue weighted by molar-refractivity contribution is -0.135. The maximum Gasteiger partial charge on any atom is 0.227 e. The molecule has 3 unspecified atom stereocenters. The summed E-state index contributed by atoms with van der Waals surface area (Å²) in [4.78, 5) is 21.1. The molecular weight excluding hydrogens is 495 g/mol. The standard InChI is InChI=1S/C25H29N3O.C6H6FNS/c1-27-14-13-26-24(27)17-28(21-12-11-18-7-5-6-10-20(18)15-21)25(29)23-16-22(23)19-8-3-2-4-9-19;7-5-1-3-6(9-8)4-2-5/h2-4,8-9,11,13-15,21-23H,5-7,10,12,16-17H2,1H3;1-4H,8H2. The van der Waals surface area contributed by atoms with Crippen LogP contribution >= 0.6 is 11.9 Å². The van der Waals surface area contributed by atoms with Crippen molar-refractivity contribution in [1.29, 1.82) is 0 Å². The van der Waals surface area contributed by atoms with Crippen molar-refractivity contribution >= 4 is 17.9 Å². The number of nitrogens with zero attached hydrogens (tertiary/aromatic N) is 3. The maximum absolute atomic E-state index is 13.6. The van der Waals surface area contributed by atoms with Gasteiger partial charge in [0.15, 0.2) is 0 Å². The molecule has 0 spiro atoms. The number of carbonyl (C=O) groups is 1. The minimum absolute atomic E-state index is 0.104. The topological polar surface area (TPSA) is 64.2 Å². The van der Waals surface area contributed by atoms with E-state index in [9.17, 15) is 9.18 Å². The molecule has 2 aromatic carbocycles. The average molecular weight is 531 g/mol. The molecule has 1 amide bonds. The van der Waals surface area contributed by atoms with Gasteiger partial charge in [0.2, 0.25) is 5.91 Å². The fourth-order valence-electron chi connectivity index (χ4n) is 5.48. The quantitative estimate of drug-likeness (QED) is 0.368. The molecular formula is C31H35FN4OS. The minimum Gasteiger partial charge on any atom is -0.337 e. The van der Waals surface area contributed by atoms with Gasteiger partial charge in [0, 0.05) is 30.3 Å². The molecule has 5 nitrogen and oxygen atoms in total. The van der Waals surface area contributed by atoms with Gasteiger partial charge in [0.05, 0.1) is 12.6 Å². The van der Waals surface area contributed by atoms with Crippen LogP contribution in [0.3, 0.4) is 0 Å². The Kier molecular flexibility index (Phi) is 8.45. The first-order valence-corrected chi connectivity index (χ1v) is 14.3. The van der Waals surface area contributed by atoms with E-state index in [0.29, 0.717) is 12.5 Å². The molecule has 2 saturated carbocycles. The fraction of sp³-hybridized carbons (Fsp3) is 0.355. The number of benzene rings is 2. The second kappa shape index (κ2) is 12.1. The monoisotopic (exact) mass is 530 g/mol. The summed E-state index contributed by atoms with van der Waals surface area (Å²) < 4.78 is 14.2. The summed E-state index contributed by atoms with van der Waals surface area (Å²) >= 11 is 1.11. The third-order valence-electron chi connectivity index (χ3n) is 7.76. The third kappa shape index (κ3) is 6.27. The van der Waals surface area contributed by atoms with E-state index in [2.05, 4.69) is 46.3 Å². The summed E-state index contributed by atoms with van der Waals surface area (Å²) in [5, 5.41) is 5.19.